The van der Waals surface area contributed by atoms with E-state index in [9.17, 15) is 9.59 Å². The van der Waals surface area contributed by atoms with Crippen LogP contribution in [0.2, 0.25) is 0 Å². The number of fused-ring (bicyclic) bond motifs is 1. The maximum absolute atomic E-state index is 13.2. The molecule has 7 nitrogen and oxygen atoms in total. The first-order valence-electron chi connectivity index (χ1n) is 9.61. The van der Waals surface area contributed by atoms with Gasteiger partial charge in [-0.1, -0.05) is 19.9 Å². The van der Waals surface area contributed by atoms with Crippen LogP contribution in [0.4, 0.5) is 5.69 Å². The van der Waals surface area contributed by atoms with Crippen LogP contribution in [0.3, 0.4) is 0 Å². The SMILES string of the molecule is COC(=O)c1ccc(C)c(NC(=O)c2cc(C(C)C)nc3c2cnn3C(C)C)c1. The third-order valence-corrected chi connectivity index (χ3v) is 4.82. The second-order valence-corrected chi connectivity index (χ2v) is 7.64. The molecule has 2 heterocycles. The number of hydrogen-bond acceptors (Lipinski definition) is 5. The standard InChI is InChI=1S/C22H26N4O3/c1-12(2)18-10-16(17-11-23-26(13(3)4)20(17)24-18)21(27)25-19-9-15(22(28)29-6)8-7-14(19)5/h7-13H,1-6H3,(H,25,27). The van der Waals surface area contributed by atoms with E-state index >= 15 is 0 Å². The molecule has 0 aliphatic rings. The van der Waals surface area contributed by atoms with Gasteiger partial charge in [0.2, 0.25) is 0 Å². The number of pyridine rings is 1. The van der Waals surface area contributed by atoms with Crippen molar-refractivity contribution in [2.75, 3.05) is 12.4 Å². The fourth-order valence-electron chi connectivity index (χ4n) is 3.09. The molecule has 152 valence electrons. The van der Waals surface area contributed by atoms with Crippen LogP contribution >= 0.6 is 0 Å². The molecule has 7 heteroatoms. The van der Waals surface area contributed by atoms with E-state index in [1.165, 1.54) is 7.11 Å². The lowest BCUT2D eigenvalue weighted by Crippen LogP contribution is -2.15. The Labute approximate surface area is 170 Å². The van der Waals surface area contributed by atoms with Gasteiger partial charge in [0.1, 0.15) is 0 Å². The summed E-state index contributed by atoms with van der Waals surface area (Å²) < 4.78 is 6.60. The molecular formula is C22H26N4O3. The summed E-state index contributed by atoms with van der Waals surface area (Å²) in [6.45, 7) is 10.00. The highest BCUT2D eigenvalue weighted by atomic mass is 16.5. The van der Waals surface area contributed by atoms with Crippen molar-refractivity contribution in [3.63, 3.8) is 0 Å². The minimum Gasteiger partial charge on any atom is -0.465 e. The summed E-state index contributed by atoms with van der Waals surface area (Å²) in [7, 11) is 1.33. The van der Waals surface area contributed by atoms with E-state index in [4.69, 9.17) is 9.72 Å². The number of nitrogens with zero attached hydrogens (tertiary/aromatic N) is 3. The normalized spacial score (nSPS) is 11.3. The number of hydrogen-bond donors (Lipinski definition) is 1. The quantitative estimate of drug-likeness (QED) is 0.645. The third kappa shape index (κ3) is 3.99. The monoisotopic (exact) mass is 394 g/mol. The molecule has 29 heavy (non-hydrogen) atoms. The average molecular weight is 394 g/mol. The van der Waals surface area contributed by atoms with Gasteiger partial charge in [0.05, 0.1) is 29.8 Å². The van der Waals surface area contributed by atoms with Gasteiger partial charge < -0.3 is 10.1 Å². The molecule has 1 N–H and O–H groups in total. The minimum atomic E-state index is -0.452. The van der Waals surface area contributed by atoms with Crippen molar-refractivity contribution in [2.24, 2.45) is 0 Å². The van der Waals surface area contributed by atoms with Gasteiger partial charge in [0.25, 0.3) is 5.91 Å². The van der Waals surface area contributed by atoms with Crippen LogP contribution in [-0.2, 0) is 4.74 Å². The van der Waals surface area contributed by atoms with E-state index in [1.807, 2.05) is 45.4 Å². The molecule has 2 aromatic heterocycles. The predicted octanol–water partition coefficient (Wildman–Crippen LogP) is 4.48. The van der Waals surface area contributed by atoms with Crippen LogP contribution in [0.5, 0.6) is 0 Å². The molecular weight excluding hydrogens is 368 g/mol. The second kappa shape index (κ2) is 8.03. The molecule has 0 saturated heterocycles. The van der Waals surface area contributed by atoms with Crippen molar-refractivity contribution in [3.05, 3.63) is 52.8 Å². The van der Waals surface area contributed by atoms with Crippen molar-refractivity contribution in [3.8, 4) is 0 Å². The largest absolute Gasteiger partial charge is 0.465 e. The molecule has 0 fully saturated rings. The lowest BCUT2D eigenvalue weighted by atomic mass is 10.0. The number of carbonyl (C=O) groups is 2. The highest BCUT2D eigenvalue weighted by Gasteiger charge is 2.20. The summed E-state index contributed by atoms with van der Waals surface area (Å²) in [6.07, 6.45) is 1.68. The molecule has 3 aromatic rings. The van der Waals surface area contributed by atoms with E-state index in [0.717, 1.165) is 11.3 Å². The van der Waals surface area contributed by atoms with Gasteiger partial charge in [0, 0.05) is 17.4 Å². The number of benzene rings is 1. The molecule has 0 unspecified atom stereocenters. The number of ether oxygens (including phenoxy) is 1. The van der Waals surface area contributed by atoms with E-state index in [0.29, 0.717) is 27.8 Å². The molecule has 0 aliphatic carbocycles. The molecule has 0 saturated carbocycles. The smallest absolute Gasteiger partial charge is 0.337 e. The molecule has 0 spiro atoms. The topological polar surface area (TPSA) is 86.1 Å². The first kappa shape index (κ1) is 20.5. The van der Waals surface area contributed by atoms with Gasteiger partial charge in [-0.05, 0) is 50.5 Å². The number of amides is 1. The minimum absolute atomic E-state index is 0.123. The van der Waals surface area contributed by atoms with Crippen LogP contribution in [0, 0.1) is 6.92 Å². The molecule has 0 radical (unpaired) electrons. The summed E-state index contributed by atoms with van der Waals surface area (Å²) >= 11 is 0. The summed E-state index contributed by atoms with van der Waals surface area (Å²) in [5, 5.41) is 8.05. The molecule has 0 atom stereocenters. The number of rotatable bonds is 5. The van der Waals surface area contributed by atoms with E-state index in [2.05, 4.69) is 10.4 Å². The van der Waals surface area contributed by atoms with Crippen LogP contribution < -0.4 is 5.32 Å². The van der Waals surface area contributed by atoms with Crippen molar-refractivity contribution in [1.82, 2.24) is 14.8 Å². The average Bonchev–Trinajstić information content (AvgIpc) is 3.12. The van der Waals surface area contributed by atoms with Gasteiger partial charge in [-0.2, -0.15) is 5.10 Å². The summed E-state index contributed by atoms with van der Waals surface area (Å²) in [6, 6.07) is 7.01. The van der Waals surface area contributed by atoms with Crippen LogP contribution in [0.25, 0.3) is 11.0 Å². The zero-order valence-electron chi connectivity index (χ0n) is 17.6. The molecule has 1 amide bonds. The van der Waals surface area contributed by atoms with E-state index in [1.54, 1.807) is 24.4 Å². The van der Waals surface area contributed by atoms with Crippen LogP contribution in [0.1, 0.15) is 71.6 Å². The Bertz CT molecular complexity index is 1080. The summed E-state index contributed by atoms with van der Waals surface area (Å²) in [4.78, 5) is 29.8. The van der Waals surface area contributed by atoms with Gasteiger partial charge in [0.15, 0.2) is 5.65 Å². The lowest BCUT2D eigenvalue weighted by molar-refractivity contribution is 0.0600. The number of aromatic nitrogens is 3. The van der Waals surface area contributed by atoms with Crippen LogP contribution in [-0.4, -0.2) is 33.8 Å². The zero-order valence-corrected chi connectivity index (χ0v) is 17.6. The zero-order chi connectivity index (χ0) is 21.3. The molecule has 1 aromatic carbocycles. The maximum atomic E-state index is 13.2. The van der Waals surface area contributed by atoms with Crippen LogP contribution in [0.15, 0.2) is 30.5 Å². The lowest BCUT2D eigenvalue weighted by Gasteiger charge is -2.13. The summed E-state index contributed by atoms with van der Waals surface area (Å²) in [5.41, 5.74) is 3.81. The van der Waals surface area contributed by atoms with E-state index in [-0.39, 0.29) is 17.9 Å². The highest BCUT2D eigenvalue weighted by Crippen LogP contribution is 2.26. The van der Waals surface area contributed by atoms with Crippen molar-refractivity contribution in [2.45, 2.75) is 46.6 Å². The van der Waals surface area contributed by atoms with Gasteiger partial charge in [-0.3, -0.25) is 4.79 Å². The van der Waals surface area contributed by atoms with Gasteiger partial charge in [-0.25, -0.2) is 14.5 Å². The Balaban J connectivity index is 2.07. The van der Waals surface area contributed by atoms with Crippen molar-refractivity contribution < 1.29 is 14.3 Å². The number of carbonyl (C=O) groups excluding carboxylic acids is 2. The number of anilines is 1. The Hall–Kier alpha value is -3.22. The Morgan fingerprint density at radius 3 is 2.48 bits per heavy atom. The van der Waals surface area contributed by atoms with E-state index < -0.39 is 5.97 Å². The first-order chi connectivity index (χ1) is 13.7. The van der Waals surface area contributed by atoms with Crippen molar-refractivity contribution >= 4 is 28.6 Å². The van der Waals surface area contributed by atoms with Crippen molar-refractivity contribution in [1.29, 1.82) is 0 Å². The Morgan fingerprint density at radius 1 is 1.14 bits per heavy atom. The Kier molecular flexibility index (Phi) is 5.68. The molecule has 0 aliphatic heterocycles. The fraction of sp³-hybridized carbons (Fsp3) is 0.364. The van der Waals surface area contributed by atoms with Gasteiger partial charge >= 0.3 is 5.97 Å². The predicted molar refractivity (Wildman–Crippen MR) is 112 cm³/mol. The second-order valence-electron chi connectivity index (χ2n) is 7.64. The molecule has 3 rings (SSSR count). The number of esters is 1. The number of aryl methyl sites for hydroxylation is 1. The fourth-order valence-corrected chi connectivity index (χ4v) is 3.09. The Morgan fingerprint density at radius 2 is 1.86 bits per heavy atom. The number of nitrogens with one attached hydrogen (secondary N) is 1. The third-order valence-electron chi connectivity index (χ3n) is 4.82. The van der Waals surface area contributed by atoms with Gasteiger partial charge in [-0.15, -0.1) is 0 Å². The molecule has 0 bridgehead atoms. The summed E-state index contributed by atoms with van der Waals surface area (Å²) in [5.74, 6) is -0.564. The highest BCUT2D eigenvalue weighted by molar-refractivity contribution is 6.12. The first-order valence-corrected chi connectivity index (χ1v) is 9.61. The number of methoxy groups -OCH3 is 1. The maximum Gasteiger partial charge on any atom is 0.337 e.